The number of benzene rings is 1. The number of esters is 2. The molecule has 3 saturated carbocycles. The fourth-order valence-corrected chi connectivity index (χ4v) is 9.48. The average molecular weight is 477 g/mol. The van der Waals surface area contributed by atoms with Gasteiger partial charge in [-0.25, -0.2) is 4.79 Å². The lowest BCUT2D eigenvalue weighted by Crippen LogP contribution is -2.53. The number of rotatable bonds is 3. The summed E-state index contributed by atoms with van der Waals surface area (Å²) in [5.74, 6) is 2.43. The first-order valence-electron chi connectivity index (χ1n) is 13.9. The fraction of sp³-hybridized carbons (Fsp3) is 0.677. The summed E-state index contributed by atoms with van der Waals surface area (Å²) in [4.78, 5) is 24.7. The molecule has 6 rings (SSSR count). The molecule has 188 valence electrons. The van der Waals surface area contributed by atoms with Gasteiger partial charge in [0.05, 0.1) is 5.56 Å². The molecular formula is C31H40O4. The summed E-state index contributed by atoms with van der Waals surface area (Å²) in [6.45, 7) is 7.23. The molecular weight excluding hydrogens is 436 g/mol. The molecule has 4 nitrogen and oxygen atoms in total. The minimum atomic E-state index is -0.270. The second kappa shape index (κ2) is 8.21. The van der Waals surface area contributed by atoms with Crippen LogP contribution in [-0.2, 0) is 14.3 Å². The molecule has 0 aromatic heterocycles. The summed E-state index contributed by atoms with van der Waals surface area (Å²) >= 11 is 0. The van der Waals surface area contributed by atoms with Crippen LogP contribution in [0.25, 0.3) is 0 Å². The molecule has 0 bridgehead atoms. The summed E-state index contributed by atoms with van der Waals surface area (Å²) < 4.78 is 11.9. The highest BCUT2D eigenvalue weighted by molar-refractivity contribution is 5.89. The predicted molar refractivity (Wildman–Crippen MR) is 135 cm³/mol. The first kappa shape index (κ1) is 23.3. The van der Waals surface area contributed by atoms with Gasteiger partial charge in [-0.15, -0.1) is 0 Å². The van der Waals surface area contributed by atoms with Crippen LogP contribution >= 0.6 is 0 Å². The molecule has 1 aromatic rings. The number of cyclic esters (lactones) is 1. The number of fused-ring (bicyclic) bond motifs is 5. The molecule has 5 aliphatic rings. The molecule has 4 heteroatoms. The molecule has 1 aliphatic heterocycles. The topological polar surface area (TPSA) is 52.6 Å². The van der Waals surface area contributed by atoms with Crippen molar-refractivity contribution in [1.82, 2.24) is 0 Å². The molecule has 1 aromatic carbocycles. The van der Waals surface area contributed by atoms with Crippen LogP contribution in [0.2, 0.25) is 0 Å². The van der Waals surface area contributed by atoms with Crippen molar-refractivity contribution in [3.63, 3.8) is 0 Å². The first-order chi connectivity index (χ1) is 16.7. The van der Waals surface area contributed by atoms with E-state index in [4.69, 9.17) is 9.47 Å². The van der Waals surface area contributed by atoms with E-state index in [1.165, 1.54) is 31.3 Å². The van der Waals surface area contributed by atoms with Gasteiger partial charge in [-0.2, -0.15) is 0 Å². The zero-order valence-electron chi connectivity index (χ0n) is 21.6. The van der Waals surface area contributed by atoms with Crippen LogP contribution in [-0.4, -0.2) is 23.6 Å². The Morgan fingerprint density at radius 2 is 1.77 bits per heavy atom. The molecule has 0 radical (unpaired) electrons. The fourth-order valence-electron chi connectivity index (χ4n) is 9.48. The lowest BCUT2D eigenvalue weighted by atomic mass is 9.46. The summed E-state index contributed by atoms with van der Waals surface area (Å²) in [6.07, 6.45) is 13.0. The van der Waals surface area contributed by atoms with Crippen LogP contribution < -0.4 is 0 Å². The largest absolute Gasteiger partial charge is 0.459 e. The molecule has 4 aliphatic carbocycles. The summed E-state index contributed by atoms with van der Waals surface area (Å²) in [7, 11) is 0. The number of hydrogen-bond acceptors (Lipinski definition) is 4. The second-order valence-corrected chi connectivity index (χ2v) is 12.9. The maximum atomic E-state index is 12.7. The Bertz CT molecular complexity index is 1050. The van der Waals surface area contributed by atoms with E-state index in [0.717, 1.165) is 38.0 Å². The highest BCUT2D eigenvalue weighted by Gasteiger charge is 2.63. The number of carbonyl (C=O) groups is 2. The summed E-state index contributed by atoms with van der Waals surface area (Å²) in [5, 5.41) is 0. The Kier molecular flexibility index (Phi) is 5.47. The van der Waals surface area contributed by atoms with Crippen LogP contribution in [0.3, 0.4) is 0 Å². The van der Waals surface area contributed by atoms with Crippen LogP contribution in [0, 0.1) is 34.5 Å². The number of hydrogen-bond donors (Lipinski definition) is 0. The SMILES string of the molecule is C[C@]12CC[C@H]3[C@@H](CC=C4C[C@@H](OC(=O)c5ccccc5)CC[C@@]43C)[C@H]1CC[C@H]2[C@@]1(C)CCC(=O)O1. The first-order valence-corrected chi connectivity index (χ1v) is 13.9. The van der Waals surface area contributed by atoms with Crippen molar-refractivity contribution in [2.45, 2.75) is 96.7 Å². The maximum absolute atomic E-state index is 12.7. The average Bonchev–Trinajstić information content (AvgIpc) is 3.39. The summed E-state index contributed by atoms with van der Waals surface area (Å²) in [5.41, 5.74) is 2.40. The van der Waals surface area contributed by atoms with E-state index >= 15 is 0 Å². The monoisotopic (exact) mass is 476 g/mol. The van der Waals surface area contributed by atoms with Gasteiger partial charge in [0.15, 0.2) is 0 Å². The van der Waals surface area contributed by atoms with E-state index in [1.807, 2.05) is 30.3 Å². The van der Waals surface area contributed by atoms with Crippen LogP contribution in [0.15, 0.2) is 42.0 Å². The van der Waals surface area contributed by atoms with Crippen LogP contribution in [0.4, 0.5) is 0 Å². The molecule has 1 heterocycles. The Morgan fingerprint density at radius 1 is 0.971 bits per heavy atom. The van der Waals surface area contributed by atoms with Gasteiger partial charge in [-0.3, -0.25) is 4.79 Å². The smallest absolute Gasteiger partial charge is 0.338 e. The number of ether oxygens (including phenoxy) is 2. The van der Waals surface area contributed by atoms with Gasteiger partial charge >= 0.3 is 11.9 Å². The molecule has 0 amide bonds. The van der Waals surface area contributed by atoms with Crippen molar-refractivity contribution >= 4 is 11.9 Å². The van der Waals surface area contributed by atoms with Gasteiger partial charge in [0.25, 0.3) is 0 Å². The van der Waals surface area contributed by atoms with Crippen molar-refractivity contribution in [3.8, 4) is 0 Å². The van der Waals surface area contributed by atoms with Gasteiger partial charge in [-0.05, 0) is 99.0 Å². The zero-order chi connectivity index (χ0) is 24.4. The zero-order valence-corrected chi connectivity index (χ0v) is 21.6. The third kappa shape index (κ3) is 3.61. The van der Waals surface area contributed by atoms with E-state index in [2.05, 4.69) is 26.8 Å². The second-order valence-electron chi connectivity index (χ2n) is 12.9. The van der Waals surface area contributed by atoms with Gasteiger partial charge in [-0.1, -0.05) is 43.7 Å². The Hall–Kier alpha value is -2.10. The predicted octanol–water partition coefficient (Wildman–Crippen LogP) is 6.89. The van der Waals surface area contributed by atoms with E-state index in [-0.39, 0.29) is 34.5 Å². The molecule has 1 saturated heterocycles. The third-order valence-electron chi connectivity index (χ3n) is 11.3. The minimum absolute atomic E-state index is 0.00397. The third-order valence-corrected chi connectivity index (χ3v) is 11.3. The maximum Gasteiger partial charge on any atom is 0.338 e. The van der Waals surface area contributed by atoms with Crippen LogP contribution in [0.1, 0.15) is 95.3 Å². The van der Waals surface area contributed by atoms with Gasteiger partial charge in [0, 0.05) is 18.8 Å². The molecule has 35 heavy (non-hydrogen) atoms. The van der Waals surface area contributed by atoms with E-state index in [1.54, 1.807) is 0 Å². The quantitative estimate of drug-likeness (QED) is 0.352. The standard InChI is InChI=1S/C31H40O4/c1-29-16-13-22(34-28(33)20-7-5-4-6-8-20)19-21(29)9-10-23-24-11-12-26(30(24,2)17-14-25(23)29)31(3)18-15-27(32)35-31/h4-9,22-26H,10-19H2,1-3H3/t22-,23-,24+,25-,26+,29-,30-,31+/m0/s1. The van der Waals surface area contributed by atoms with Crippen molar-refractivity contribution in [3.05, 3.63) is 47.5 Å². The van der Waals surface area contributed by atoms with Crippen molar-refractivity contribution < 1.29 is 19.1 Å². The van der Waals surface area contributed by atoms with Crippen LogP contribution in [0.5, 0.6) is 0 Å². The lowest BCUT2D eigenvalue weighted by Gasteiger charge is -2.59. The van der Waals surface area contributed by atoms with Gasteiger partial charge in [0.2, 0.25) is 0 Å². The Labute approximate surface area is 209 Å². The Morgan fingerprint density at radius 3 is 2.51 bits per heavy atom. The minimum Gasteiger partial charge on any atom is -0.459 e. The lowest BCUT2D eigenvalue weighted by molar-refractivity contribution is -0.158. The molecule has 8 atom stereocenters. The van der Waals surface area contributed by atoms with Gasteiger partial charge < -0.3 is 9.47 Å². The molecule has 4 fully saturated rings. The molecule has 0 unspecified atom stereocenters. The molecule has 0 N–H and O–H groups in total. The van der Waals surface area contributed by atoms with E-state index < -0.39 is 0 Å². The van der Waals surface area contributed by atoms with E-state index in [9.17, 15) is 9.59 Å². The number of carbonyl (C=O) groups excluding carboxylic acids is 2. The molecule has 0 spiro atoms. The van der Waals surface area contributed by atoms with Crippen molar-refractivity contribution in [2.24, 2.45) is 34.5 Å². The van der Waals surface area contributed by atoms with Crippen molar-refractivity contribution in [2.75, 3.05) is 0 Å². The van der Waals surface area contributed by atoms with E-state index in [0.29, 0.717) is 29.7 Å². The highest BCUT2D eigenvalue weighted by Crippen LogP contribution is 2.68. The normalized spacial score (nSPS) is 44.5. The Balaban J connectivity index is 1.19. The highest BCUT2D eigenvalue weighted by atomic mass is 16.6. The van der Waals surface area contributed by atoms with Gasteiger partial charge in [0.1, 0.15) is 11.7 Å². The van der Waals surface area contributed by atoms with Crippen molar-refractivity contribution in [1.29, 1.82) is 0 Å². The number of allylic oxidation sites excluding steroid dienone is 1. The summed E-state index contributed by atoms with van der Waals surface area (Å²) in [6, 6.07) is 9.37.